The average Bonchev–Trinajstić information content (AvgIpc) is 2.82. The zero-order valence-electron chi connectivity index (χ0n) is 11.0. The number of carboxylic acid groups (broad SMARTS) is 1. The van der Waals surface area contributed by atoms with E-state index in [1.165, 1.54) is 4.90 Å². The van der Waals surface area contributed by atoms with Crippen LogP contribution in [0.3, 0.4) is 0 Å². The number of aliphatic hydroxyl groups is 1. The van der Waals surface area contributed by atoms with Crippen molar-refractivity contribution in [2.45, 2.75) is 31.0 Å². The van der Waals surface area contributed by atoms with Gasteiger partial charge in [0.25, 0.3) is 0 Å². The summed E-state index contributed by atoms with van der Waals surface area (Å²) in [5.74, 6) is -1.44. The summed E-state index contributed by atoms with van der Waals surface area (Å²) in [4.78, 5) is 24.4. The summed E-state index contributed by atoms with van der Waals surface area (Å²) >= 11 is 0. The molecule has 3 atom stereocenters. The Kier molecular flexibility index (Phi) is 4.36. The van der Waals surface area contributed by atoms with Gasteiger partial charge in [-0.25, -0.2) is 4.79 Å². The molecule has 4 N–H and O–H groups in total. The fourth-order valence-electron chi connectivity index (χ4n) is 2.45. The molecule has 108 valence electrons. The summed E-state index contributed by atoms with van der Waals surface area (Å²) in [7, 11) is 0. The summed E-state index contributed by atoms with van der Waals surface area (Å²) in [6, 6.07) is 7.74. The van der Waals surface area contributed by atoms with Gasteiger partial charge in [-0.3, -0.25) is 4.79 Å². The molecule has 6 heteroatoms. The highest BCUT2D eigenvalue weighted by atomic mass is 16.4. The number of likely N-dealkylation sites (tertiary alicyclic amines) is 1. The van der Waals surface area contributed by atoms with Crippen LogP contribution in [-0.4, -0.2) is 45.7 Å². The van der Waals surface area contributed by atoms with Crippen molar-refractivity contribution in [1.29, 1.82) is 0 Å². The van der Waals surface area contributed by atoms with Gasteiger partial charge in [0.2, 0.25) is 5.91 Å². The predicted molar refractivity (Wildman–Crippen MR) is 71.7 cm³/mol. The van der Waals surface area contributed by atoms with Crippen LogP contribution in [0.15, 0.2) is 30.3 Å². The molecular weight excluding hydrogens is 260 g/mol. The normalized spacial score (nSPS) is 23.6. The quantitative estimate of drug-likeness (QED) is 0.726. The topological polar surface area (TPSA) is 104 Å². The molecule has 1 fully saturated rings. The van der Waals surface area contributed by atoms with Crippen molar-refractivity contribution in [3.05, 3.63) is 35.9 Å². The Morgan fingerprint density at radius 3 is 2.60 bits per heavy atom. The first-order valence-electron chi connectivity index (χ1n) is 6.50. The molecule has 6 nitrogen and oxygen atoms in total. The minimum Gasteiger partial charge on any atom is -0.480 e. The molecule has 0 spiro atoms. The third-order valence-corrected chi connectivity index (χ3v) is 3.51. The molecule has 1 aliphatic heterocycles. The van der Waals surface area contributed by atoms with Gasteiger partial charge >= 0.3 is 5.97 Å². The van der Waals surface area contributed by atoms with Crippen LogP contribution in [0.1, 0.15) is 24.4 Å². The monoisotopic (exact) mass is 278 g/mol. The van der Waals surface area contributed by atoms with Gasteiger partial charge in [-0.15, -0.1) is 0 Å². The van der Waals surface area contributed by atoms with Gasteiger partial charge in [-0.05, 0) is 5.56 Å². The van der Waals surface area contributed by atoms with Crippen molar-refractivity contribution in [2.75, 3.05) is 6.54 Å². The number of carbonyl (C=O) groups is 2. The van der Waals surface area contributed by atoms with Crippen molar-refractivity contribution in [1.82, 2.24) is 4.90 Å². The molecule has 1 aliphatic rings. The number of aliphatic carboxylic acids is 1. The number of aliphatic hydroxyl groups excluding tert-OH is 1. The number of hydrogen-bond donors (Lipinski definition) is 3. The second-order valence-corrected chi connectivity index (χ2v) is 5.01. The van der Waals surface area contributed by atoms with Crippen LogP contribution in [0.4, 0.5) is 0 Å². The van der Waals surface area contributed by atoms with Crippen LogP contribution in [0.25, 0.3) is 0 Å². The number of amides is 1. The number of nitrogens with zero attached hydrogens (tertiary/aromatic N) is 1. The average molecular weight is 278 g/mol. The summed E-state index contributed by atoms with van der Waals surface area (Å²) < 4.78 is 0. The van der Waals surface area contributed by atoms with E-state index in [4.69, 9.17) is 10.8 Å². The molecule has 1 saturated heterocycles. The van der Waals surface area contributed by atoms with Crippen LogP contribution in [0, 0.1) is 0 Å². The lowest BCUT2D eigenvalue weighted by molar-refractivity contribution is -0.148. The number of hydrogen-bond acceptors (Lipinski definition) is 4. The van der Waals surface area contributed by atoms with E-state index in [0.717, 1.165) is 5.56 Å². The first-order valence-corrected chi connectivity index (χ1v) is 6.50. The van der Waals surface area contributed by atoms with Gasteiger partial charge in [0, 0.05) is 25.4 Å². The first-order chi connectivity index (χ1) is 9.49. The van der Waals surface area contributed by atoms with Crippen LogP contribution >= 0.6 is 0 Å². The minimum atomic E-state index is -1.09. The SMILES string of the molecule is NC(CC(=O)N1C[C@H](O)C[C@@H]1C(=O)O)c1ccccc1. The molecule has 0 aliphatic carbocycles. The van der Waals surface area contributed by atoms with Crippen LogP contribution in [-0.2, 0) is 9.59 Å². The predicted octanol–water partition coefficient (Wildman–Crippen LogP) is 0.123. The van der Waals surface area contributed by atoms with E-state index in [2.05, 4.69) is 0 Å². The zero-order valence-corrected chi connectivity index (χ0v) is 11.0. The Hall–Kier alpha value is -1.92. The largest absolute Gasteiger partial charge is 0.480 e. The van der Waals surface area contributed by atoms with Crippen molar-refractivity contribution in [2.24, 2.45) is 5.73 Å². The Labute approximate surface area is 116 Å². The highest BCUT2D eigenvalue weighted by molar-refractivity contribution is 5.84. The van der Waals surface area contributed by atoms with E-state index in [1.807, 2.05) is 30.3 Å². The highest BCUT2D eigenvalue weighted by Gasteiger charge is 2.39. The number of carboxylic acids is 1. The molecule has 0 bridgehead atoms. The third-order valence-electron chi connectivity index (χ3n) is 3.51. The Balaban J connectivity index is 2.02. The number of rotatable bonds is 4. The fraction of sp³-hybridized carbons (Fsp3) is 0.429. The van der Waals surface area contributed by atoms with Gasteiger partial charge in [0.15, 0.2) is 0 Å². The van der Waals surface area contributed by atoms with E-state index in [9.17, 15) is 14.7 Å². The lowest BCUT2D eigenvalue weighted by Crippen LogP contribution is -2.41. The second-order valence-electron chi connectivity index (χ2n) is 5.01. The van der Waals surface area contributed by atoms with E-state index in [-0.39, 0.29) is 25.3 Å². The highest BCUT2D eigenvalue weighted by Crippen LogP contribution is 2.22. The van der Waals surface area contributed by atoms with Crippen molar-refractivity contribution < 1.29 is 19.8 Å². The van der Waals surface area contributed by atoms with Gasteiger partial charge in [-0.1, -0.05) is 30.3 Å². The van der Waals surface area contributed by atoms with Gasteiger partial charge in [-0.2, -0.15) is 0 Å². The lowest BCUT2D eigenvalue weighted by Gasteiger charge is -2.23. The summed E-state index contributed by atoms with van der Waals surface area (Å²) in [5, 5.41) is 18.6. The summed E-state index contributed by atoms with van der Waals surface area (Å²) in [6.07, 6.45) is -0.685. The second kappa shape index (κ2) is 6.02. The molecule has 0 saturated carbocycles. The van der Waals surface area contributed by atoms with Gasteiger partial charge in [0.05, 0.1) is 6.10 Å². The third kappa shape index (κ3) is 3.15. The Morgan fingerprint density at radius 2 is 2.00 bits per heavy atom. The van der Waals surface area contributed by atoms with Crippen molar-refractivity contribution in [3.63, 3.8) is 0 Å². The maximum Gasteiger partial charge on any atom is 0.326 e. The molecule has 0 radical (unpaired) electrons. The Bertz CT molecular complexity index is 491. The molecule has 1 amide bonds. The van der Waals surface area contributed by atoms with E-state index < -0.39 is 24.2 Å². The van der Waals surface area contributed by atoms with E-state index in [1.54, 1.807) is 0 Å². The minimum absolute atomic E-state index is 0.0283. The first kappa shape index (κ1) is 14.5. The molecular formula is C14H18N2O4. The molecule has 20 heavy (non-hydrogen) atoms. The molecule has 1 heterocycles. The lowest BCUT2D eigenvalue weighted by atomic mass is 10.0. The smallest absolute Gasteiger partial charge is 0.326 e. The molecule has 2 rings (SSSR count). The summed E-state index contributed by atoms with van der Waals surface area (Å²) in [6.45, 7) is 0.0529. The van der Waals surface area contributed by atoms with Crippen LogP contribution < -0.4 is 5.73 Å². The Morgan fingerprint density at radius 1 is 1.35 bits per heavy atom. The molecule has 0 aromatic heterocycles. The van der Waals surface area contributed by atoms with Gasteiger partial charge in [0.1, 0.15) is 6.04 Å². The maximum atomic E-state index is 12.2. The molecule has 1 aromatic carbocycles. The van der Waals surface area contributed by atoms with E-state index >= 15 is 0 Å². The number of nitrogens with two attached hydrogens (primary N) is 1. The maximum absolute atomic E-state index is 12.2. The molecule has 1 aromatic rings. The number of benzene rings is 1. The molecule has 1 unspecified atom stereocenters. The van der Waals surface area contributed by atoms with Gasteiger partial charge < -0.3 is 20.8 Å². The number of β-amino-alcohol motifs (C(OH)–C–C–N with tert-alkyl or cyclic N) is 1. The van der Waals surface area contributed by atoms with Crippen molar-refractivity contribution >= 4 is 11.9 Å². The van der Waals surface area contributed by atoms with Crippen LogP contribution in [0.2, 0.25) is 0 Å². The zero-order chi connectivity index (χ0) is 14.7. The van der Waals surface area contributed by atoms with Crippen molar-refractivity contribution in [3.8, 4) is 0 Å². The van der Waals surface area contributed by atoms with E-state index in [0.29, 0.717) is 0 Å². The number of carbonyl (C=O) groups excluding carboxylic acids is 1. The van der Waals surface area contributed by atoms with Crippen LogP contribution in [0.5, 0.6) is 0 Å². The fourth-order valence-corrected chi connectivity index (χ4v) is 2.45. The summed E-state index contributed by atoms with van der Waals surface area (Å²) in [5.41, 5.74) is 6.79. The standard InChI is InChI=1S/C14H18N2O4/c15-11(9-4-2-1-3-5-9)7-13(18)16-8-10(17)6-12(16)14(19)20/h1-5,10-12,17H,6-8,15H2,(H,19,20)/t10-,11?,12-/m1/s1.